The first-order chi connectivity index (χ1) is 9.70. The van der Waals surface area contributed by atoms with Gasteiger partial charge in [-0.05, 0) is 12.8 Å². The Morgan fingerprint density at radius 1 is 1.50 bits per heavy atom. The van der Waals surface area contributed by atoms with Crippen LogP contribution < -0.4 is 11.1 Å². The summed E-state index contributed by atoms with van der Waals surface area (Å²) in [5.74, 6) is -0.0192. The molecule has 2 rings (SSSR count). The minimum Gasteiger partial charge on any atom is -0.394 e. The Morgan fingerprint density at radius 3 is 2.80 bits per heavy atom. The predicted molar refractivity (Wildman–Crippen MR) is 75.9 cm³/mol. The minimum absolute atomic E-state index is 0.0192. The number of nitrogens with zero attached hydrogens (tertiary/aromatic N) is 1. The molecule has 6 heteroatoms. The number of aliphatic hydroxyl groups excluding tert-OH is 1. The number of aromatic amines is 1. The number of nitrogens with two attached hydrogens (primary N) is 1. The lowest BCUT2D eigenvalue weighted by atomic mass is 9.73. The number of hydrogen-bond acceptors (Lipinski definition) is 4. The number of H-pyrrole nitrogens is 1. The number of carbonyl (C=O) groups excluding carboxylic acids is 1. The van der Waals surface area contributed by atoms with Gasteiger partial charge in [0, 0.05) is 19.2 Å². The summed E-state index contributed by atoms with van der Waals surface area (Å²) in [4.78, 5) is 19.5. The number of rotatable bonds is 6. The number of nitrogens with one attached hydrogen (secondary N) is 2. The van der Waals surface area contributed by atoms with E-state index in [2.05, 4.69) is 15.3 Å². The molecule has 20 heavy (non-hydrogen) atoms. The second kappa shape index (κ2) is 6.85. The zero-order valence-electron chi connectivity index (χ0n) is 11.8. The molecular formula is C14H24N4O2. The third-order valence-corrected chi connectivity index (χ3v) is 4.25. The fraction of sp³-hybridized carbons (Fsp3) is 0.714. The van der Waals surface area contributed by atoms with Crippen molar-refractivity contribution in [1.82, 2.24) is 15.3 Å². The second-order valence-corrected chi connectivity index (χ2v) is 5.66. The molecule has 0 aliphatic heterocycles. The van der Waals surface area contributed by atoms with E-state index >= 15 is 0 Å². The number of hydrogen-bond donors (Lipinski definition) is 4. The largest absolute Gasteiger partial charge is 0.394 e. The molecule has 0 radical (unpaired) electrons. The van der Waals surface area contributed by atoms with Gasteiger partial charge in [0.05, 0.1) is 30.1 Å². The highest BCUT2D eigenvalue weighted by atomic mass is 16.3. The van der Waals surface area contributed by atoms with Crippen LogP contribution in [-0.2, 0) is 11.2 Å². The molecule has 1 aromatic rings. The van der Waals surface area contributed by atoms with E-state index in [-0.39, 0.29) is 18.6 Å². The van der Waals surface area contributed by atoms with Crippen molar-refractivity contribution in [3.8, 4) is 0 Å². The molecule has 1 aliphatic rings. The van der Waals surface area contributed by atoms with Crippen LogP contribution in [0, 0.1) is 5.41 Å². The number of aromatic nitrogens is 2. The zero-order chi connectivity index (χ0) is 14.4. The van der Waals surface area contributed by atoms with Gasteiger partial charge in [0.1, 0.15) is 0 Å². The highest BCUT2D eigenvalue weighted by Gasteiger charge is 2.38. The van der Waals surface area contributed by atoms with Crippen molar-refractivity contribution in [2.45, 2.75) is 44.6 Å². The van der Waals surface area contributed by atoms with E-state index in [1.165, 1.54) is 6.42 Å². The first-order valence-electron chi connectivity index (χ1n) is 7.30. The Morgan fingerprint density at radius 2 is 2.25 bits per heavy atom. The lowest BCUT2D eigenvalue weighted by molar-refractivity contribution is -0.133. The molecule has 1 atom stereocenters. The third-order valence-electron chi connectivity index (χ3n) is 4.25. The second-order valence-electron chi connectivity index (χ2n) is 5.66. The molecule has 0 saturated heterocycles. The molecule has 1 fully saturated rings. The summed E-state index contributed by atoms with van der Waals surface area (Å²) in [5.41, 5.74) is 6.23. The fourth-order valence-electron chi connectivity index (χ4n) is 2.91. The van der Waals surface area contributed by atoms with Gasteiger partial charge >= 0.3 is 0 Å². The summed E-state index contributed by atoms with van der Waals surface area (Å²) in [7, 11) is 0. The average Bonchev–Trinajstić information content (AvgIpc) is 3.00. The van der Waals surface area contributed by atoms with Crippen LogP contribution in [0.4, 0.5) is 0 Å². The van der Waals surface area contributed by atoms with E-state index in [1.54, 1.807) is 12.5 Å². The maximum atomic E-state index is 12.5. The van der Waals surface area contributed by atoms with Crippen LogP contribution >= 0.6 is 0 Å². The lowest BCUT2D eigenvalue weighted by Gasteiger charge is -2.35. The van der Waals surface area contributed by atoms with Crippen LogP contribution in [0.5, 0.6) is 0 Å². The van der Waals surface area contributed by atoms with Crippen molar-refractivity contribution < 1.29 is 9.90 Å². The maximum Gasteiger partial charge on any atom is 0.227 e. The van der Waals surface area contributed by atoms with Gasteiger partial charge in [-0.15, -0.1) is 0 Å². The van der Waals surface area contributed by atoms with Gasteiger partial charge in [0.25, 0.3) is 0 Å². The first-order valence-corrected chi connectivity index (χ1v) is 7.30. The van der Waals surface area contributed by atoms with E-state index in [0.717, 1.165) is 31.4 Å². The molecule has 1 aliphatic carbocycles. The van der Waals surface area contributed by atoms with Crippen LogP contribution in [0.1, 0.15) is 37.8 Å². The lowest BCUT2D eigenvalue weighted by Crippen LogP contribution is -2.51. The molecule has 112 valence electrons. The summed E-state index contributed by atoms with van der Waals surface area (Å²) < 4.78 is 0. The van der Waals surface area contributed by atoms with Crippen LogP contribution in [0.25, 0.3) is 0 Å². The molecule has 0 aromatic carbocycles. The highest BCUT2D eigenvalue weighted by Crippen LogP contribution is 2.35. The van der Waals surface area contributed by atoms with Gasteiger partial charge in [0.2, 0.25) is 5.91 Å². The maximum absolute atomic E-state index is 12.5. The van der Waals surface area contributed by atoms with E-state index in [4.69, 9.17) is 5.73 Å². The quantitative estimate of drug-likeness (QED) is 0.603. The Hall–Kier alpha value is -1.40. The summed E-state index contributed by atoms with van der Waals surface area (Å²) in [6.45, 7) is 0.276. The predicted octanol–water partition coefficient (Wildman–Crippen LogP) is 0.338. The number of aliphatic hydroxyl groups is 1. The molecule has 1 heterocycles. The van der Waals surface area contributed by atoms with Gasteiger partial charge in [-0.25, -0.2) is 4.98 Å². The van der Waals surface area contributed by atoms with Crippen LogP contribution in [0.3, 0.4) is 0 Å². The van der Waals surface area contributed by atoms with Crippen molar-refractivity contribution >= 4 is 5.91 Å². The molecular weight excluding hydrogens is 256 g/mol. The van der Waals surface area contributed by atoms with Crippen molar-refractivity contribution in [2.75, 3.05) is 13.2 Å². The van der Waals surface area contributed by atoms with Gasteiger partial charge in [-0.3, -0.25) is 4.79 Å². The Labute approximate surface area is 119 Å². The van der Waals surface area contributed by atoms with E-state index in [1.807, 2.05) is 0 Å². The number of imidazole rings is 1. The summed E-state index contributed by atoms with van der Waals surface area (Å²) in [5, 5.41) is 12.4. The number of carbonyl (C=O) groups is 1. The number of amides is 1. The van der Waals surface area contributed by atoms with Crippen molar-refractivity contribution in [3.05, 3.63) is 18.2 Å². The molecule has 0 bridgehead atoms. The van der Waals surface area contributed by atoms with Crippen LogP contribution in [0.2, 0.25) is 0 Å². The summed E-state index contributed by atoms with van der Waals surface area (Å²) in [6.07, 6.45) is 8.84. The van der Waals surface area contributed by atoms with Gasteiger partial charge in [-0.2, -0.15) is 0 Å². The summed E-state index contributed by atoms with van der Waals surface area (Å²) in [6, 6.07) is -0.309. The van der Waals surface area contributed by atoms with E-state index in [9.17, 15) is 9.90 Å². The first kappa shape index (κ1) is 15.0. The zero-order valence-corrected chi connectivity index (χ0v) is 11.8. The normalized spacial score (nSPS) is 19.5. The molecule has 1 saturated carbocycles. The Balaban J connectivity index is 1.96. The molecule has 0 spiro atoms. The van der Waals surface area contributed by atoms with Crippen molar-refractivity contribution in [2.24, 2.45) is 11.1 Å². The summed E-state index contributed by atoms with van der Waals surface area (Å²) >= 11 is 0. The third kappa shape index (κ3) is 3.37. The highest BCUT2D eigenvalue weighted by molar-refractivity contribution is 5.83. The minimum atomic E-state index is -0.447. The topological polar surface area (TPSA) is 104 Å². The Bertz CT molecular complexity index is 413. The molecule has 1 unspecified atom stereocenters. The smallest absolute Gasteiger partial charge is 0.227 e. The van der Waals surface area contributed by atoms with E-state index < -0.39 is 5.41 Å². The molecule has 6 nitrogen and oxygen atoms in total. The van der Waals surface area contributed by atoms with Gasteiger partial charge < -0.3 is 21.1 Å². The Kier molecular flexibility index (Phi) is 5.14. The molecule has 5 N–H and O–H groups in total. The van der Waals surface area contributed by atoms with E-state index in [0.29, 0.717) is 13.0 Å². The molecule has 1 amide bonds. The van der Waals surface area contributed by atoms with Gasteiger partial charge in [0.15, 0.2) is 0 Å². The van der Waals surface area contributed by atoms with Crippen LogP contribution in [-0.4, -0.2) is 40.2 Å². The van der Waals surface area contributed by atoms with Crippen molar-refractivity contribution in [1.29, 1.82) is 0 Å². The average molecular weight is 280 g/mol. The van der Waals surface area contributed by atoms with Crippen LogP contribution in [0.15, 0.2) is 12.5 Å². The van der Waals surface area contributed by atoms with Crippen molar-refractivity contribution in [3.63, 3.8) is 0 Å². The monoisotopic (exact) mass is 280 g/mol. The van der Waals surface area contributed by atoms with Gasteiger partial charge in [-0.1, -0.05) is 19.3 Å². The standard InChI is InChI=1S/C14H24N4O2/c15-9-14(4-2-1-3-5-14)13(20)18-12(8-19)6-11-7-16-10-17-11/h7,10,12,19H,1-6,8-9,15H2,(H,16,17)(H,18,20). The fourth-order valence-corrected chi connectivity index (χ4v) is 2.91. The SMILES string of the molecule is NCC1(C(=O)NC(CO)Cc2c[nH]cn2)CCCCC1. The molecule has 1 aromatic heterocycles.